The summed E-state index contributed by atoms with van der Waals surface area (Å²) < 4.78 is 53.3. The molecular formula is C24H26F2N2O5S. The normalized spacial score (nSPS) is 20.3. The summed E-state index contributed by atoms with van der Waals surface area (Å²) in [6, 6.07) is 7.53. The minimum atomic E-state index is -3.04. The zero-order valence-electron chi connectivity index (χ0n) is 19.2. The van der Waals surface area contributed by atoms with Crippen molar-refractivity contribution in [3.8, 4) is 5.75 Å². The highest BCUT2D eigenvalue weighted by Crippen LogP contribution is 2.46. The molecule has 0 spiro atoms. The van der Waals surface area contributed by atoms with Crippen LogP contribution in [0, 0.1) is 5.41 Å². The molecule has 10 heteroatoms. The van der Waals surface area contributed by atoms with Gasteiger partial charge in [0.25, 0.3) is 0 Å². The Morgan fingerprint density at radius 2 is 1.82 bits per heavy atom. The van der Waals surface area contributed by atoms with Crippen LogP contribution in [0.3, 0.4) is 0 Å². The van der Waals surface area contributed by atoms with Gasteiger partial charge in [0.15, 0.2) is 5.78 Å². The number of sulfone groups is 1. The summed E-state index contributed by atoms with van der Waals surface area (Å²) in [7, 11) is -3.04. The van der Waals surface area contributed by atoms with E-state index in [0.29, 0.717) is 29.7 Å². The van der Waals surface area contributed by atoms with Gasteiger partial charge >= 0.3 is 6.61 Å². The Morgan fingerprint density at radius 3 is 2.47 bits per heavy atom. The van der Waals surface area contributed by atoms with E-state index in [0.717, 1.165) is 0 Å². The van der Waals surface area contributed by atoms with Crippen molar-refractivity contribution in [2.24, 2.45) is 5.41 Å². The average molecular weight is 493 g/mol. The zero-order valence-corrected chi connectivity index (χ0v) is 20.0. The first kappa shape index (κ1) is 24.3. The van der Waals surface area contributed by atoms with E-state index >= 15 is 0 Å². The highest BCUT2D eigenvalue weighted by Gasteiger charge is 2.45. The van der Waals surface area contributed by atoms with E-state index in [2.05, 4.69) is 9.72 Å². The van der Waals surface area contributed by atoms with Crippen LogP contribution in [0.2, 0.25) is 0 Å². The molecule has 1 amide bonds. The number of carbonyl (C=O) groups excluding carboxylic acids is 2. The first-order valence-electron chi connectivity index (χ1n) is 10.9. The van der Waals surface area contributed by atoms with Crippen LogP contribution in [0.4, 0.5) is 20.3 Å². The molecule has 7 nitrogen and oxygen atoms in total. The molecule has 34 heavy (non-hydrogen) atoms. The van der Waals surface area contributed by atoms with Crippen molar-refractivity contribution in [2.45, 2.75) is 52.1 Å². The summed E-state index contributed by atoms with van der Waals surface area (Å²) in [6.45, 7) is 2.39. The maximum atomic E-state index is 13.3. The van der Waals surface area contributed by atoms with Gasteiger partial charge in [0.05, 0.1) is 22.6 Å². The Morgan fingerprint density at radius 1 is 1.15 bits per heavy atom. The first-order chi connectivity index (χ1) is 15.8. The predicted molar refractivity (Wildman–Crippen MR) is 122 cm³/mol. The predicted octanol–water partition coefficient (Wildman–Crippen LogP) is 4.43. The summed E-state index contributed by atoms with van der Waals surface area (Å²) in [6.07, 6.45) is 2.38. The van der Waals surface area contributed by atoms with Crippen LogP contribution in [0.25, 0.3) is 0 Å². The number of fused-ring (bicyclic) bond motifs is 1. The molecule has 0 atom stereocenters. The van der Waals surface area contributed by atoms with Gasteiger partial charge in [-0.1, -0.05) is 6.92 Å². The van der Waals surface area contributed by atoms with Crippen LogP contribution in [-0.4, -0.2) is 43.2 Å². The fourth-order valence-corrected chi connectivity index (χ4v) is 6.34. The van der Waals surface area contributed by atoms with Gasteiger partial charge in [-0.15, -0.1) is 0 Å². The lowest BCUT2D eigenvalue weighted by molar-refractivity contribution is -0.121. The van der Waals surface area contributed by atoms with Gasteiger partial charge < -0.3 is 4.74 Å². The number of aromatic nitrogens is 1. The number of alkyl halides is 2. The van der Waals surface area contributed by atoms with Gasteiger partial charge in [-0.05, 0) is 61.9 Å². The van der Waals surface area contributed by atoms with Crippen LogP contribution in [0.15, 0.2) is 36.5 Å². The van der Waals surface area contributed by atoms with E-state index in [9.17, 15) is 26.8 Å². The van der Waals surface area contributed by atoms with E-state index in [1.165, 1.54) is 23.2 Å². The Labute approximate surface area is 197 Å². The SMILES string of the molecule is CC1(CC(=O)c2ccc3c(c2)C(C)(C)C(=O)N3c2cc(OC(F)F)ccn2)CCS(=O)(=O)CC1. The van der Waals surface area contributed by atoms with Crippen molar-refractivity contribution in [1.29, 1.82) is 0 Å². The topological polar surface area (TPSA) is 93.6 Å². The third kappa shape index (κ3) is 4.55. The van der Waals surface area contributed by atoms with Crippen LogP contribution >= 0.6 is 0 Å². The average Bonchev–Trinajstić information content (AvgIpc) is 2.95. The number of nitrogens with zero attached hydrogens (tertiary/aromatic N) is 2. The van der Waals surface area contributed by atoms with Crippen molar-refractivity contribution < 1.29 is 31.5 Å². The molecule has 1 aromatic carbocycles. The molecule has 182 valence electrons. The molecule has 0 bridgehead atoms. The number of Topliss-reactive ketones (excluding diaryl/α,β-unsaturated/α-hetero) is 1. The Bertz CT molecular complexity index is 1250. The smallest absolute Gasteiger partial charge is 0.387 e. The molecule has 0 unspecified atom stereocenters. The van der Waals surface area contributed by atoms with Gasteiger partial charge in [0.2, 0.25) is 5.91 Å². The summed E-state index contributed by atoms with van der Waals surface area (Å²) >= 11 is 0. The number of anilines is 2. The second kappa shape index (κ2) is 8.41. The number of rotatable bonds is 6. The van der Waals surface area contributed by atoms with Gasteiger partial charge in [0, 0.05) is 24.2 Å². The van der Waals surface area contributed by atoms with E-state index in [1.54, 1.807) is 32.0 Å². The fourth-order valence-electron chi connectivity index (χ4n) is 4.53. The van der Waals surface area contributed by atoms with Gasteiger partial charge in [-0.3, -0.25) is 14.5 Å². The number of pyridine rings is 1. The third-order valence-electron chi connectivity index (χ3n) is 6.76. The molecule has 2 aliphatic rings. The van der Waals surface area contributed by atoms with Crippen molar-refractivity contribution >= 4 is 33.0 Å². The van der Waals surface area contributed by atoms with Crippen LogP contribution < -0.4 is 9.64 Å². The quantitative estimate of drug-likeness (QED) is 0.554. The molecule has 4 rings (SSSR count). The first-order valence-corrected chi connectivity index (χ1v) is 12.8. The number of amides is 1. The third-order valence-corrected chi connectivity index (χ3v) is 8.41. The van der Waals surface area contributed by atoms with Gasteiger partial charge in [0.1, 0.15) is 21.4 Å². The number of hydrogen-bond donors (Lipinski definition) is 0. The summed E-state index contributed by atoms with van der Waals surface area (Å²) in [5.41, 5.74) is 0.215. The number of ether oxygens (including phenoxy) is 1. The fraction of sp³-hybridized carbons (Fsp3) is 0.458. The monoisotopic (exact) mass is 492 g/mol. The van der Waals surface area contributed by atoms with E-state index in [4.69, 9.17) is 0 Å². The highest BCUT2D eigenvalue weighted by molar-refractivity contribution is 7.91. The van der Waals surface area contributed by atoms with E-state index in [1.807, 2.05) is 6.92 Å². The molecule has 0 N–H and O–H groups in total. The second-order valence-electron chi connectivity index (χ2n) is 9.79. The number of ketones is 1. The summed E-state index contributed by atoms with van der Waals surface area (Å²) in [5, 5.41) is 0. The lowest BCUT2D eigenvalue weighted by Gasteiger charge is -2.32. The van der Waals surface area contributed by atoms with Crippen LogP contribution in [-0.2, 0) is 20.0 Å². The van der Waals surface area contributed by atoms with Gasteiger partial charge in [-0.2, -0.15) is 8.78 Å². The maximum absolute atomic E-state index is 13.3. The standard InChI is InChI=1S/C24H26F2N2O5S/c1-23(2)17-12-15(19(29)14-24(3)7-10-34(31,32)11-8-24)4-5-18(17)28(21(23)30)20-13-16(6-9-27-20)33-22(25)26/h4-6,9,12-13,22H,7-8,10-11,14H2,1-3H3. The summed E-state index contributed by atoms with van der Waals surface area (Å²) in [5.74, 6) is -0.231. The highest BCUT2D eigenvalue weighted by atomic mass is 32.2. The van der Waals surface area contributed by atoms with Gasteiger partial charge in [-0.25, -0.2) is 13.4 Å². The van der Waals surface area contributed by atoms with E-state index in [-0.39, 0.29) is 41.2 Å². The molecule has 2 aromatic rings. The molecule has 1 aromatic heterocycles. The lowest BCUT2D eigenvalue weighted by Crippen LogP contribution is -2.33. The number of carbonyl (C=O) groups is 2. The molecule has 3 heterocycles. The minimum absolute atomic E-state index is 0.0821. The molecule has 0 saturated carbocycles. The van der Waals surface area contributed by atoms with Crippen molar-refractivity contribution in [1.82, 2.24) is 4.98 Å². The number of hydrogen-bond acceptors (Lipinski definition) is 6. The molecule has 1 saturated heterocycles. The number of halogens is 2. The summed E-state index contributed by atoms with van der Waals surface area (Å²) in [4.78, 5) is 31.9. The maximum Gasteiger partial charge on any atom is 0.387 e. The Balaban J connectivity index is 1.63. The van der Waals surface area contributed by atoms with E-state index < -0.39 is 27.3 Å². The molecular weight excluding hydrogens is 466 g/mol. The van der Waals surface area contributed by atoms with Crippen LogP contribution in [0.1, 0.15) is 56.0 Å². The molecule has 0 aliphatic carbocycles. The second-order valence-corrected chi connectivity index (χ2v) is 12.1. The Kier molecular flexibility index (Phi) is 6.00. The Hall–Kier alpha value is -2.88. The molecule has 0 radical (unpaired) electrons. The zero-order chi connectivity index (χ0) is 24.9. The van der Waals surface area contributed by atoms with Crippen molar-refractivity contribution in [3.05, 3.63) is 47.7 Å². The molecule has 1 fully saturated rings. The number of benzene rings is 1. The molecule has 2 aliphatic heterocycles. The van der Waals surface area contributed by atoms with Crippen LogP contribution in [0.5, 0.6) is 5.75 Å². The van der Waals surface area contributed by atoms with Crippen molar-refractivity contribution in [3.63, 3.8) is 0 Å². The largest absolute Gasteiger partial charge is 0.435 e. The van der Waals surface area contributed by atoms with Crippen molar-refractivity contribution in [2.75, 3.05) is 16.4 Å². The minimum Gasteiger partial charge on any atom is -0.435 e. The lowest BCUT2D eigenvalue weighted by atomic mass is 9.78.